The van der Waals surface area contributed by atoms with Gasteiger partial charge in [-0.15, -0.1) is 0 Å². The highest BCUT2D eigenvalue weighted by Gasteiger charge is 2.53. The number of carbonyl (C=O) groups is 4. The normalized spacial score (nSPS) is 30.0. The van der Waals surface area contributed by atoms with Crippen molar-refractivity contribution in [2.75, 3.05) is 7.11 Å². The number of halogens is 1. The summed E-state index contributed by atoms with van der Waals surface area (Å²) in [6.07, 6.45) is -5.06. The van der Waals surface area contributed by atoms with E-state index in [1.807, 2.05) is 0 Å². The van der Waals surface area contributed by atoms with Crippen LogP contribution in [0.3, 0.4) is 0 Å². The summed E-state index contributed by atoms with van der Waals surface area (Å²) in [6, 6.07) is 0. The third-order valence-electron chi connectivity index (χ3n) is 2.82. The van der Waals surface area contributed by atoms with Crippen molar-refractivity contribution in [3.05, 3.63) is 0 Å². The predicted octanol–water partition coefficient (Wildman–Crippen LogP) is 0.0743. The van der Waals surface area contributed by atoms with Crippen LogP contribution in [0.5, 0.6) is 0 Å². The number of methoxy groups -OCH3 is 1. The van der Waals surface area contributed by atoms with E-state index in [2.05, 4.69) is 20.7 Å². The number of hydrogen-bond acceptors (Lipinski definition) is 9. The number of carbonyl (C=O) groups excluding carboxylic acids is 4. The van der Waals surface area contributed by atoms with Gasteiger partial charge in [0.1, 0.15) is 0 Å². The van der Waals surface area contributed by atoms with Crippen LogP contribution in [0, 0.1) is 0 Å². The van der Waals surface area contributed by atoms with Crippen LogP contribution in [-0.2, 0) is 42.9 Å². The number of alkyl halides is 1. The molecule has 0 saturated carbocycles. The van der Waals surface area contributed by atoms with Crippen LogP contribution < -0.4 is 0 Å². The zero-order chi connectivity index (χ0) is 17.7. The molecule has 1 rings (SSSR count). The van der Waals surface area contributed by atoms with Crippen molar-refractivity contribution < 1.29 is 42.9 Å². The molecule has 23 heavy (non-hydrogen) atoms. The van der Waals surface area contributed by atoms with Crippen LogP contribution in [0.25, 0.3) is 0 Å². The van der Waals surface area contributed by atoms with Crippen molar-refractivity contribution in [3.8, 4) is 0 Å². The summed E-state index contributed by atoms with van der Waals surface area (Å²) in [5.41, 5.74) is 0. The summed E-state index contributed by atoms with van der Waals surface area (Å²) in [5, 5.41) is -0.980. The quantitative estimate of drug-likeness (QED) is 0.369. The van der Waals surface area contributed by atoms with Gasteiger partial charge in [0.05, 0.1) is 7.11 Å². The largest absolute Gasteiger partial charge is 0.467 e. The molecule has 1 fully saturated rings. The maximum Gasteiger partial charge on any atom is 0.339 e. The van der Waals surface area contributed by atoms with Crippen LogP contribution in [0.1, 0.15) is 20.8 Å². The fourth-order valence-electron chi connectivity index (χ4n) is 2.07. The number of esters is 4. The van der Waals surface area contributed by atoms with E-state index in [1.165, 1.54) is 0 Å². The molecule has 0 spiro atoms. The van der Waals surface area contributed by atoms with Gasteiger partial charge in [-0.05, 0) is 0 Å². The molecule has 0 N–H and O–H groups in total. The third-order valence-corrected chi connectivity index (χ3v) is 3.56. The Morgan fingerprint density at radius 3 is 1.70 bits per heavy atom. The van der Waals surface area contributed by atoms with Gasteiger partial charge in [0.15, 0.2) is 29.4 Å². The van der Waals surface area contributed by atoms with E-state index in [0.29, 0.717) is 0 Å². The SMILES string of the molecule is COC(=O)C1O[C@H](Br)C(OC(C)=O)C(OC(C)=O)[C@H]1OC(C)=O. The van der Waals surface area contributed by atoms with Gasteiger partial charge in [-0.3, -0.25) is 14.4 Å². The molecule has 0 aliphatic carbocycles. The van der Waals surface area contributed by atoms with Crippen LogP contribution in [-0.4, -0.2) is 60.4 Å². The topological polar surface area (TPSA) is 114 Å². The maximum atomic E-state index is 11.9. The molecular weight excluding hydrogens is 380 g/mol. The Morgan fingerprint density at radius 2 is 1.26 bits per heavy atom. The molecule has 0 radical (unpaired) electrons. The third kappa shape index (κ3) is 5.17. The standard InChI is InChI=1S/C13H17BrO9/c1-5(15)20-8-9(21-6(2)16)11(13(18)19-4)23-12(14)10(8)22-7(3)17/h8-12H,1-4H3/t8?,9-,10?,11?,12+/m1/s1. The molecule has 0 aromatic rings. The molecule has 9 nitrogen and oxygen atoms in total. The smallest absolute Gasteiger partial charge is 0.339 e. The summed E-state index contributed by atoms with van der Waals surface area (Å²) < 4.78 is 25.2. The zero-order valence-electron chi connectivity index (χ0n) is 12.9. The van der Waals surface area contributed by atoms with E-state index in [-0.39, 0.29) is 0 Å². The van der Waals surface area contributed by atoms with Gasteiger partial charge in [-0.25, -0.2) is 4.79 Å². The highest BCUT2D eigenvalue weighted by atomic mass is 79.9. The summed E-state index contributed by atoms with van der Waals surface area (Å²) in [4.78, 5) is 45.8. The molecule has 10 heteroatoms. The number of ether oxygens (including phenoxy) is 5. The van der Waals surface area contributed by atoms with Crippen molar-refractivity contribution >= 4 is 39.8 Å². The van der Waals surface area contributed by atoms with Crippen molar-refractivity contribution in [1.29, 1.82) is 0 Å². The molecule has 0 aromatic carbocycles. The zero-order valence-corrected chi connectivity index (χ0v) is 14.5. The van der Waals surface area contributed by atoms with Gasteiger partial charge < -0.3 is 23.7 Å². The lowest BCUT2D eigenvalue weighted by atomic mass is 9.99. The van der Waals surface area contributed by atoms with Gasteiger partial charge in [0.2, 0.25) is 0 Å². The highest BCUT2D eigenvalue weighted by Crippen LogP contribution is 2.31. The van der Waals surface area contributed by atoms with E-state index in [0.717, 1.165) is 27.9 Å². The van der Waals surface area contributed by atoms with Gasteiger partial charge in [0, 0.05) is 20.8 Å². The molecule has 0 amide bonds. The lowest BCUT2D eigenvalue weighted by Crippen LogP contribution is -2.61. The molecule has 1 aliphatic rings. The average molecular weight is 397 g/mol. The second-order valence-electron chi connectivity index (χ2n) is 4.65. The van der Waals surface area contributed by atoms with Gasteiger partial charge in [-0.2, -0.15) is 0 Å². The Bertz CT molecular complexity index is 492. The Hall–Kier alpha value is -1.68. The monoisotopic (exact) mass is 396 g/mol. The van der Waals surface area contributed by atoms with Crippen LogP contribution in [0.4, 0.5) is 0 Å². The molecule has 1 heterocycles. The first-order valence-electron chi connectivity index (χ1n) is 6.56. The molecule has 130 valence electrons. The van der Waals surface area contributed by atoms with Gasteiger partial charge in [0.25, 0.3) is 0 Å². The molecule has 3 unspecified atom stereocenters. The van der Waals surface area contributed by atoms with E-state index in [4.69, 9.17) is 18.9 Å². The minimum atomic E-state index is -1.36. The highest BCUT2D eigenvalue weighted by molar-refractivity contribution is 9.09. The van der Waals surface area contributed by atoms with Crippen molar-refractivity contribution in [2.45, 2.75) is 50.2 Å². The second-order valence-corrected chi connectivity index (χ2v) is 5.56. The van der Waals surface area contributed by atoms with E-state index in [9.17, 15) is 19.2 Å². The fourth-order valence-corrected chi connectivity index (χ4v) is 2.71. The van der Waals surface area contributed by atoms with Crippen molar-refractivity contribution in [2.24, 2.45) is 0 Å². The van der Waals surface area contributed by atoms with Crippen molar-refractivity contribution in [3.63, 3.8) is 0 Å². The first-order chi connectivity index (χ1) is 10.7. The average Bonchev–Trinajstić information content (AvgIpc) is 2.43. The Morgan fingerprint density at radius 1 is 0.826 bits per heavy atom. The minimum Gasteiger partial charge on any atom is -0.467 e. The molecule has 1 saturated heterocycles. The first kappa shape index (κ1) is 19.4. The minimum absolute atomic E-state index is 0.668. The molecule has 5 atom stereocenters. The summed E-state index contributed by atoms with van der Waals surface area (Å²) in [6.45, 7) is 3.39. The lowest BCUT2D eigenvalue weighted by Gasteiger charge is -2.41. The number of hydrogen-bond donors (Lipinski definition) is 0. The number of rotatable bonds is 4. The molecule has 1 aliphatic heterocycles. The first-order valence-corrected chi connectivity index (χ1v) is 7.48. The Balaban J connectivity index is 3.21. The maximum absolute atomic E-state index is 11.9. The lowest BCUT2D eigenvalue weighted by molar-refractivity contribution is -0.234. The molecule has 0 bridgehead atoms. The summed E-state index contributed by atoms with van der Waals surface area (Å²) >= 11 is 3.11. The van der Waals surface area contributed by atoms with Crippen molar-refractivity contribution in [1.82, 2.24) is 0 Å². The van der Waals surface area contributed by atoms with Gasteiger partial charge in [-0.1, -0.05) is 15.9 Å². The second kappa shape index (κ2) is 8.25. The van der Waals surface area contributed by atoms with E-state index < -0.39 is 53.3 Å². The predicted molar refractivity (Wildman–Crippen MR) is 76.3 cm³/mol. The van der Waals surface area contributed by atoms with E-state index in [1.54, 1.807) is 0 Å². The summed E-state index contributed by atoms with van der Waals surface area (Å²) in [5.74, 6) is -2.95. The Kier molecular flexibility index (Phi) is 6.95. The molecular formula is C13H17BrO9. The van der Waals surface area contributed by atoms with Crippen LogP contribution in [0.2, 0.25) is 0 Å². The van der Waals surface area contributed by atoms with Gasteiger partial charge >= 0.3 is 23.9 Å². The fraction of sp³-hybridized carbons (Fsp3) is 0.692. The molecule has 0 aromatic heterocycles. The van der Waals surface area contributed by atoms with Crippen LogP contribution >= 0.6 is 15.9 Å². The Labute approximate surface area is 140 Å². The van der Waals surface area contributed by atoms with Crippen LogP contribution in [0.15, 0.2) is 0 Å². The van der Waals surface area contributed by atoms with E-state index >= 15 is 0 Å². The summed E-state index contributed by atoms with van der Waals surface area (Å²) in [7, 11) is 1.12.